The summed E-state index contributed by atoms with van der Waals surface area (Å²) < 4.78 is 0. The Balaban J connectivity index is 1.85. The molecule has 6 heteroatoms. The van der Waals surface area contributed by atoms with Crippen LogP contribution in [0.2, 0.25) is 5.02 Å². The predicted molar refractivity (Wildman–Crippen MR) is 100 cm³/mol. The average molecular weight is 371 g/mol. The molecule has 0 aromatic heterocycles. The number of rotatable bonds is 6. The van der Waals surface area contributed by atoms with Crippen LogP contribution in [0.4, 0.5) is 0 Å². The van der Waals surface area contributed by atoms with E-state index >= 15 is 0 Å². The van der Waals surface area contributed by atoms with Crippen molar-refractivity contribution in [3.63, 3.8) is 0 Å². The van der Waals surface area contributed by atoms with Crippen molar-refractivity contribution in [2.24, 2.45) is 5.10 Å². The zero-order chi connectivity index (χ0) is 18.5. The molecule has 0 fully saturated rings. The molecule has 1 unspecified atom stereocenters. The summed E-state index contributed by atoms with van der Waals surface area (Å²) in [5.74, 6) is -1.08. The lowest BCUT2D eigenvalue weighted by Crippen LogP contribution is -2.27. The number of aliphatic carboxylic acids is 1. The molecular weight excluding hydrogens is 352 g/mol. The topological polar surface area (TPSA) is 70.0 Å². The summed E-state index contributed by atoms with van der Waals surface area (Å²) in [6.45, 7) is 0. The fourth-order valence-electron chi connectivity index (χ4n) is 3.02. The molecule has 2 aromatic rings. The number of carboxylic acid groups (broad SMARTS) is 1. The van der Waals surface area contributed by atoms with Crippen molar-refractivity contribution in [1.82, 2.24) is 5.01 Å². The van der Waals surface area contributed by atoms with E-state index < -0.39 is 5.97 Å². The van der Waals surface area contributed by atoms with Gasteiger partial charge in [0, 0.05) is 24.3 Å². The molecule has 0 saturated carbocycles. The van der Waals surface area contributed by atoms with E-state index in [1.165, 1.54) is 5.01 Å². The number of carboxylic acids is 1. The number of carbonyl (C=O) groups excluding carboxylic acids is 1. The second kappa shape index (κ2) is 8.15. The smallest absolute Gasteiger partial charge is 0.303 e. The van der Waals surface area contributed by atoms with Crippen LogP contribution < -0.4 is 0 Å². The first-order chi connectivity index (χ1) is 12.5. The van der Waals surface area contributed by atoms with Crippen molar-refractivity contribution in [3.8, 4) is 0 Å². The van der Waals surface area contributed by atoms with Gasteiger partial charge in [-0.25, -0.2) is 5.01 Å². The Morgan fingerprint density at radius 2 is 1.88 bits per heavy atom. The fraction of sp³-hybridized carbons (Fsp3) is 0.250. The van der Waals surface area contributed by atoms with E-state index in [1.54, 1.807) is 6.07 Å². The molecular formula is C20H19ClN2O3. The molecule has 0 saturated heterocycles. The van der Waals surface area contributed by atoms with Gasteiger partial charge in [-0.2, -0.15) is 5.10 Å². The number of nitrogens with zero attached hydrogens (tertiary/aromatic N) is 2. The maximum atomic E-state index is 12.7. The Bertz CT molecular complexity index is 836. The third-order valence-corrected chi connectivity index (χ3v) is 4.52. The van der Waals surface area contributed by atoms with Gasteiger partial charge in [0.25, 0.3) is 0 Å². The molecule has 0 spiro atoms. The molecule has 0 radical (unpaired) electrons. The summed E-state index contributed by atoms with van der Waals surface area (Å²) in [6.07, 6.45) is 1.00. The Morgan fingerprint density at radius 1 is 1.12 bits per heavy atom. The Kier molecular flexibility index (Phi) is 5.68. The molecule has 1 aliphatic heterocycles. The Morgan fingerprint density at radius 3 is 2.58 bits per heavy atom. The standard InChI is InChI=1S/C20H19ClN2O3/c21-16-9-4-8-15(12-16)18-13-17(14-6-2-1-3-7-14)22-23(18)19(24)10-5-11-20(25)26/h1-4,6-9,12,18H,5,10-11,13H2,(H,25,26). The Hall–Kier alpha value is -2.66. The number of hydrogen-bond donors (Lipinski definition) is 1. The van der Waals surface area contributed by atoms with Gasteiger partial charge in [0.05, 0.1) is 11.8 Å². The molecule has 1 heterocycles. The first-order valence-corrected chi connectivity index (χ1v) is 8.84. The van der Waals surface area contributed by atoms with Gasteiger partial charge in [-0.1, -0.05) is 54.1 Å². The summed E-state index contributed by atoms with van der Waals surface area (Å²) in [7, 11) is 0. The van der Waals surface area contributed by atoms with Crippen molar-refractivity contribution in [2.75, 3.05) is 0 Å². The molecule has 134 valence electrons. The van der Waals surface area contributed by atoms with Crippen LogP contribution in [0.5, 0.6) is 0 Å². The molecule has 5 nitrogen and oxygen atoms in total. The van der Waals surface area contributed by atoms with Crippen LogP contribution in [-0.4, -0.2) is 27.7 Å². The zero-order valence-corrected chi connectivity index (χ0v) is 14.9. The van der Waals surface area contributed by atoms with Crippen LogP contribution in [0.15, 0.2) is 59.7 Å². The summed E-state index contributed by atoms with van der Waals surface area (Å²) in [6, 6.07) is 16.9. The highest BCUT2D eigenvalue weighted by molar-refractivity contribution is 6.30. The highest BCUT2D eigenvalue weighted by Crippen LogP contribution is 2.34. The van der Waals surface area contributed by atoms with Crippen LogP contribution >= 0.6 is 11.6 Å². The predicted octanol–water partition coefficient (Wildman–Crippen LogP) is 4.27. The minimum Gasteiger partial charge on any atom is -0.481 e. The van der Waals surface area contributed by atoms with Crippen LogP contribution in [0.25, 0.3) is 0 Å². The van der Waals surface area contributed by atoms with E-state index in [9.17, 15) is 9.59 Å². The third kappa shape index (κ3) is 4.29. The van der Waals surface area contributed by atoms with Gasteiger partial charge in [0.15, 0.2) is 0 Å². The highest BCUT2D eigenvalue weighted by atomic mass is 35.5. The van der Waals surface area contributed by atoms with Crippen molar-refractivity contribution in [1.29, 1.82) is 0 Å². The monoisotopic (exact) mass is 370 g/mol. The van der Waals surface area contributed by atoms with Crippen molar-refractivity contribution >= 4 is 29.2 Å². The number of carbonyl (C=O) groups is 2. The number of benzene rings is 2. The summed E-state index contributed by atoms with van der Waals surface area (Å²) in [5, 5.41) is 15.4. The number of hydrogen-bond acceptors (Lipinski definition) is 3. The molecule has 0 aliphatic carbocycles. The van der Waals surface area contributed by atoms with Gasteiger partial charge in [0.2, 0.25) is 5.91 Å². The van der Waals surface area contributed by atoms with Crippen LogP contribution in [0, 0.1) is 0 Å². The number of halogens is 1. The molecule has 0 bridgehead atoms. The Labute approximate surface area is 156 Å². The van der Waals surface area contributed by atoms with Crippen molar-refractivity contribution < 1.29 is 14.7 Å². The maximum Gasteiger partial charge on any atom is 0.303 e. The lowest BCUT2D eigenvalue weighted by molar-refractivity contribution is -0.137. The second-order valence-corrected chi connectivity index (χ2v) is 6.61. The molecule has 3 rings (SSSR count). The summed E-state index contributed by atoms with van der Waals surface area (Å²) >= 11 is 6.12. The van der Waals surface area contributed by atoms with E-state index in [-0.39, 0.29) is 24.8 Å². The van der Waals surface area contributed by atoms with Crippen LogP contribution in [-0.2, 0) is 9.59 Å². The highest BCUT2D eigenvalue weighted by Gasteiger charge is 2.32. The second-order valence-electron chi connectivity index (χ2n) is 6.17. The zero-order valence-electron chi connectivity index (χ0n) is 14.1. The molecule has 1 aliphatic rings. The lowest BCUT2D eigenvalue weighted by atomic mass is 9.98. The van der Waals surface area contributed by atoms with E-state index in [0.29, 0.717) is 17.9 Å². The minimum atomic E-state index is -0.904. The van der Waals surface area contributed by atoms with Gasteiger partial charge in [0.1, 0.15) is 0 Å². The maximum absolute atomic E-state index is 12.7. The number of hydrazone groups is 1. The molecule has 1 atom stereocenters. The van der Waals surface area contributed by atoms with Gasteiger partial charge in [-0.15, -0.1) is 0 Å². The van der Waals surface area contributed by atoms with Crippen LogP contribution in [0.3, 0.4) is 0 Å². The normalized spacial score (nSPS) is 16.4. The third-order valence-electron chi connectivity index (χ3n) is 4.29. The lowest BCUT2D eigenvalue weighted by Gasteiger charge is -2.22. The minimum absolute atomic E-state index is 0.0311. The van der Waals surface area contributed by atoms with Gasteiger partial charge in [-0.05, 0) is 29.7 Å². The molecule has 2 aromatic carbocycles. The van der Waals surface area contributed by atoms with Crippen molar-refractivity contribution in [2.45, 2.75) is 31.7 Å². The first-order valence-electron chi connectivity index (χ1n) is 8.47. The summed E-state index contributed by atoms with van der Waals surface area (Å²) in [5.41, 5.74) is 2.72. The SMILES string of the molecule is O=C(O)CCCC(=O)N1N=C(c2ccccc2)CC1c1cccc(Cl)c1. The van der Waals surface area contributed by atoms with Gasteiger partial charge in [-0.3, -0.25) is 9.59 Å². The number of amides is 1. The van der Waals surface area contributed by atoms with E-state index in [4.69, 9.17) is 16.7 Å². The first kappa shape index (κ1) is 18.1. The van der Waals surface area contributed by atoms with E-state index in [2.05, 4.69) is 5.10 Å². The fourth-order valence-corrected chi connectivity index (χ4v) is 3.22. The van der Waals surface area contributed by atoms with E-state index in [1.807, 2.05) is 48.5 Å². The molecule has 1 N–H and O–H groups in total. The quantitative estimate of drug-likeness (QED) is 0.825. The molecule has 1 amide bonds. The van der Waals surface area contributed by atoms with Crippen LogP contribution in [0.1, 0.15) is 42.9 Å². The summed E-state index contributed by atoms with van der Waals surface area (Å²) in [4.78, 5) is 23.4. The van der Waals surface area contributed by atoms with Gasteiger partial charge >= 0.3 is 5.97 Å². The van der Waals surface area contributed by atoms with Crippen molar-refractivity contribution in [3.05, 3.63) is 70.7 Å². The molecule has 26 heavy (non-hydrogen) atoms. The average Bonchev–Trinajstić information content (AvgIpc) is 3.07. The van der Waals surface area contributed by atoms with Gasteiger partial charge < -0.3 is 5.11 Å². The largest absolute Gasteiger partial charge is 0.481 e. The van der Waals surface area contributed by atoms with E-state index in [0.717, 1.165) is 16.8 Å².